The van der Waals surface area contributed by atoms with E-state index in [1.165, 1.54) is 15.6 Å². The highest BCUT2D eigenvalue weighted by Gasteiger charge is 2.17. The Morgan fingerprint density at radius 3 is 2.19 bits per heavy atom. The van der Waals surface area contributed by atoms with Crippen molar-refractivity contribution in [3.05, 3.63) is 121 Å². The third kappa shape index (κ3) is 4.05. The number of aromatic nitrogens is 4. The van der Waals surface area contributed by atoms with Crippen molar-refractivity contribution in [2.75, 3.05) is 0 Å². The van der Waals surface area contributed by atoms with Crippen LogP contribution in [0.2, 0.25) is 0 Å². The highest BCUT2D eigenvalue weighted by Crippen LogP contribution is 2.40. The molecule has 0 radical (unpaired) electrons. The van der Waals surface area contributed by atoms with Gasteiger partial charge >= 0.3 is 0 Å². The molecule has 8 rings (SSSR count). The molecule has 0 fully saturated rings. The molecule has 42 heavy (non-hydrogen) atoms. The first-order valence-electron chi connectivity index (χ1n) is 14.2. The van der Waals surface area contributed by atoms with Gasteiger partial charge in [-0.05, 0) is 42.7 Å². The lowest BCUT2D eigenvalue weighted by Crippen LogP contribution is -1.95. The smallest absolute Gasteiger partial charge is 0.160 e. The van der Waals surface area contributed by atoms with E-state index in [1.54, 1.807) is 11.3 Å². The number of pyridine rings is 2. The second-order valence-corrected chi connectivity index (χ2v) is 11.7. The van der Waals surface area contributed by atoms with E-state index in [1.807, 2.05) is 25.1 Å². The summed E-state index contributed by atoms with van der Waals surface area (Å²) in [4.78, 5) is 20.1. The summed E-state index contributed by atoms with van der Waals surface area (Å²) >= 11 is 1.76. The summed E-state index contributed by atoms with van der Waals surface area (Å²) in [6, 6.07) is 38.3. The van der Waals surface area contributed by atoms with Gasteiger partial charge in [-0.2, -0.15) is 0 Å². The van der Waals surface area contributed by atoms with Crippen LogP contribution in [0.15, 0.2) is 109 Å². The summed E-state index contributed by atoms with van der Waals surface area (Å²) in [6.45, 7) is 4.19. The highest BCUT2D eigenvalue weighted by molar-refractivity contribution is 7.26. The van der Waals surface area contributed by atoms with E-state index in [0.29, 0.717) is 0 Å². The van der Waals surface area contributed by atoms with Gasteiger partial charge in [-0.25, -0.2) is 9.97 Å². The van der Waals surface area contributed by atoms with E-state index < -0.39 is 0 Å². The van der Waals surface area contributed by atoms with E-state index in [2.05, 4.69) is 97.9 Å². The average Bonchev–Trinajstić information content (AvgIpc) is 3.43. The van der Waals surface area contributed by atoms with Crippen molar-refractivity contribution in [3.8, 4) is 33.8 Å². The Hall–Kier alpha value is -5.00. The molecule has 0 aliphatic rings. The number of rotatable bonds is 4. The zero-order valence-corrected chi connectivity index (χ0v) is 24.1. The summed E-state index contributed by atoms with van der Waals surface area (Å²) in [5.74, 6) is 0.744. The summed E-state index contributed by atoms with van der Waals surface area (Å²) in [7, 11) is 0. The van der Waals surface area contributed by atoms with Crippen molar-refractivity contribution in [2.24, 2.45) is 0 Å². The van der Waals surface area contributed by atoms with Gasteiger partial charge in [-0.3, -0.25) is 9.97 Å². The molecule has 0 unspecified atom stereocenters. The van der Waals surface area contributed by atoms with E-state index in [4.69, 9.17) is 19.9 Å². The van der Waals surface area contributed by atoms with Gasteiger partial charge in [0.25, 0.3) is 0 Å². The number of thiophene rings is 1. The lowest BCUT2D eigenvalue weighted by molar-refractivity contribution is 1.06. The maximum atomic E-state index is 5.14. The zero-order valence-electron chi connectivity index (χ0n) is 23.3. The van der Waals surface area contributed by atoms with Crippen LogP contribution in [0.3, 0.4) is 0 Å². The van der Waals surface area contributed by atoms with Gasteiger partial charge in [0.05, 0.1) is 26.9 Å². The Balaban J connectivity index is 1.32. The van der Waals surface area contributed by atoms with Gasteiger partial charge < -0.3 is 0 Å². The third-order valence-electron chi connectivity index (χ3n) is 7.91. The van der Waals surface area contributed by atoms with Crippen LogP contribution >= 0.6 is 11.3 Å². The Bertz CT molecular complexity index is 2290. The molecule has 0 spiro atoms. The minimum absolute atomic E-state index is 0.744. The maximum absolute atomic E-state index is 5.14. The van der Waals surface area contributed by atoms with Crippen LogP contribution in [-0.2, 0) is 6.42 Å². The molecule has 0 saturated heterocycles. The number of hydrogen-bond acceptors (Lipinski definition) is 5. The standard InChI is InChI=1S/C37H26N4S/c1-3-27-21-30(28-20-19-24-14-13-22(2)38-32(24)34(28)39-27)23-15-17-25(18-16-23)33-36-35(29-11-7-8-12-31(29)42-36)41-37(40-33)26-9-5-4-6-10-26/h4-21H,3H2,1-2H3. The molecular weight excluding hydrogens is 533 g/mol. The Morgan fingerprint density at radius 2 is 1.36 bits per heavy atom. The SMILES string of the molecule is CCc1cc(-c2ccc(-c3nc(-c4ccccc4)nc4c3sc3ccccc34)cc2)c2ccc3ccc(C)nc3c2n1. The normalized spacial score (nSPS) is 11.7. The summed E-state index contributed by atoms with van der Waals surface area (Å²) in [5.41, 5.74) is 10.4. The molecule has 0 bridgehead atoms. The molecule has 4 aromatic heterocycles. The predicted molar refractivity (Wildman–Crippen MR) is 176 cm³/mol. The minimum atomic E-state index is 0.744. The molecule has 4 nitrogen and oxygen atoms in total. The van der Waals surface area contributed by atoms with Crippen molar-refractivity contribution in [2.45, 2.75) is 20.3 Å². The fourth-order valence-electron chi connectivity index (χ4n) is 5.75. The number of hydrogen-bond donors (Lipinski definition) is 0. The van der Waals surface area contributed by atoms with E-state index >= 15 is 0 Å². The van der Waals surface area contributed by atoms with E-state index in [9.17, 15) is 0 Å². The third-order valence-corrected chi connectivity index (χ3v) is 9.08. The molecule has 0 N–H and O–H groups in total. The largest absolute Gasteiger partial charge is 0.251 e. The Morgan fingerprint density at radius 1 is 0.595 bits per heavy atom. The van der Waals surface area contributed by atoms with E-state index in [-0.39, 0.29) is 0 Å². The Labute approximate surface area is 247 Å². The van der Waals surface area contributed by atoms with Crippen LogP contribution in [0.4, 0.5) is 0 Å². The molecular formula is C37H26N4S. The van der Waals surface area contributed by atoms with E-state index in [0.717, 1.165) is 78.0 Å². The first-order chi connectivity index (χ1) is 20.7. The Kier molecular flexibility index (Phi) is 5.79. The fraction of sp³-hybridized carbons (Fsp3) is 0.0811. The van der Waals surface area contributed by atoms with Gasteiger partial charge in [0, 0.05) is 43.4 Å². The monoisotopic (exact) mass is 558 g/mol. The minimum Gasteiger partial charge on any atom is -0.251 e. The predicted octanol–water partition coefficient (Wildman–Crippen LogP) is 9.81. The van der Waals surface area contributed by atoms with Crippen LogP contribution in [0.1, 0.15) is 18.3 Å². The molecule has 5 heteroatoms. The van der Waals surface area contributed by atoms with Crippen molar-refractivity contribution < 1.29 is 0 Å². The second kappa shape index (κ2) is 9.82. The molecule has 0 amide bonds. The quantitative estimate of drug-likeness (QED) is 0.202. The number of benzene rings is 4. The summed E-state index contributed by atoms with van der Waals surface area (Å²) < 4.78 is 2.33. The lowest BCUT2D eigenvalue weighted by atomic mass is 9.96. The van der Waals surface area contributed by atoms with Crippen LogP contribution in [0.25, 0.3) is 75.9 Å². The topological polar surface area (TPSA) is 51.6 Å². The van der Waals surface area contributed by atoms with Crippen LogP contribution in [0.5, 0.6) is 0 Å². The summed E-state index contributed by atoms with van der Waals surface area (Å²) in [6.07, 6.45) is 0.857. The molecule has 0 atom stereocenters. The van der Waals surface area contributed by atoms with Gasteiger partial charge in [0.1, 0.15) is 0 Å². The average molecular weight is 559 g/mol. The molecule has 0 saturated carbocycles. The maximum Gasteiger partial charge on any atom is 0.160 e. The molecule has 0 aliphatic heterocycles. The van der Waals surface area contributed by atoms with Gasteiger partial charge in [-0.1, -0.05) is 97.9 Å². The van der Waals surface area contributed by atoms with Crippen molar-refractivity contribution >= 4 is 53.4 Å². The molecule has 200 valence electrons. The number of aryl methyl sites for hydroxylation is 2. The molecule has 0 aliphatic carbocycles. The van der Waals surface area contributed by atoms with Gasteiger partial charge in [-0.15, -0.1) is 11.3 Å². The molecule has 4 heterocycles. The first kappa shape index (κ1) is 24.8. The lowest BCUT2D eigenvalue weighted by Gasteiger charge is -2.12. The van der Waals surface area contributed by atoms with Crippen LogP contribution < -0.4 is 0 Å². The summed E-state index contributed by atoms with van der Waals surface area (Å²) in [5, 5.41) is 3.40. The zero-order chi connectivity index (χ0) is 28.2. The molecule has 8 aromatic rings. The molecule has 4 aromatic carbocycles. The van der Waals surface area contributed by atoms with Crippen LogP contribution in [-0.4, -0.2) is 19.9 Å². The highest BCUT2D eigenvalue weighted by atomic mass is 32.1. The second-order valence-electron chi connectivity index (χ2n) is 10.6. The van der Waals surface area contributed by atoms with Crippen molar-refractivity contribution in [3.63, 3.8) is 0 Å². The fourth-order valence-corrected chi connectivity index (χ4v) is 6.91. The van der Waals surface area contributed by atoms with Gasteiger partial charge in [0.15, 0.2) is 5.82 Å². The first-order valence-corrected chi connectivity index (χ1v) is 15.0. The number of nitrogens with zero attached hydrogens (tertiary/aromatic N) is 4. The van der Waals surface area contributed by atoms with Crippen LogP contribution in [0, 0.1) is 6.92 Å². The van der Waals surface area contributed by atoms with Gasteiger partial charge in [0.2, 0.25) is 0 Å². The van der Waals surface area contributed by atoms with Crippen molar-refractivity contribution in [1.82, 2.24) is 19.9 Å². The van der Waals surface area contributed by atoms with Crippen molar-refractivity contribution in [1.29, 1.82) is 0 Å². The number of fused-ring (bicyclic) bond motifs is 6.